The van der Waals surface area contributed by atoms with Gasteiger partial charge in [-0.1, -0.05) is 5.11 Å². The molecule has 0 amide bonds. The van der Waals surface area contributed by atoms with Crippen LogP contribution in [0.1, 0.15) is 12.8 Å². The summed E-state index contributed by atoms with van der Waals surface area (Å²) in [5.41, 5.74) is 8.03. The molecule has 0 heterocycles. The van der Waals surface area contributed by atoms with Crippen molar-refractivity contribution in [1.82, 2.24) is 0 Å². The lowest BCUT2D eigenvalue weighted by Crippen LogP contribution is -2.19. The highest BCUT2D eigenvalue weighted by atomic mass is 16.7. The number of hydrogen-bond donors (Lipinski definition) is 1. The van der Waals surface area contributed by atoms with Crippen LogP contribution in [0.3, 0.4) is 0 Å². The fourth-order valence-electron chi connectivity index (χ4n) is 0.727. The Labute approximate surface area is 77.1 Å². The lowest BCUT2D eigenvalue weighted by atomic mass is 10.3. The minimum atomic E-state index is -0.477. The van der Waals surface area contributed by atoms with Gasteiger partial charge in [-0.3, -0.25) is 0 Å². The van der Waals surface area contributed by atoms with E-state index in [1.165, 1.54) is 7.11 Å². The third-order valence-electron chi connectivity index (χ3n) is 1.41. The van der Waals surface area contributed by atoms with Crippen LogP contribution in [0.15, 0.2) is 5.11 Å². The summed E-state index contributed by atoms with van der Waals surface area (Å²) in [7, 11) is 1.49. The van der Waals surface area contributed by atoms with Crippen LogP contribution in [0.2, 0.25) is 0 Å². The first-order chi connectivity index (χ1) is 6.35. The minimum Gasteiger partial charge on any atom is -0.396 e. The van der Waals surface area contributed by atoms with E-state index in [9.17, 15) is 0 Å². The van der Waals surface area contributed by atoms with E-state index in [0.717, 1.165) is 6.42 Å². The van der Waals surface area contributed by atoms with Crippen molar-refractivity contribution in [2.45, 2.75) is 19.1 Å². The van der Waals surface area contributed by atoms with Crippen molar-refractivity contribution in [2.75, 3.05) is 26.9 Å². The van der Waals surface area contributed by atoms with Crippen molar-refractivity contribution in [2.24, 2.45) is 5.11 Å². The second kappa shape index (κ2) is 9.28. The SMILES string of the molecule is COC(CN=[N+]=[N-])OCCCCO. The monoisotopic (exact) mass is 189 g/mol. The molecule has 0 saturated heterocycles. The van der Waals surface area contributed by atoms with Gasteiger partial charge in [-0.25, -0.2) is 0 Å². The summed E-state index contributed by atoms with van der Waals surface area (Å²) >= 11 is 0. The first-order valence-corrected chi connectivity index (χ1v) is 4.11. The van der Waals surface area contributed by atoms with Gasteiger partial charge < -0.3 is 14.6 Å². The predicted octanol–water partition coefficient (Wildman–Crippen LogP) is 1.06. The molecule has 0 aromatic rings. The molecule has 0 radical (unpaired) electrons. The molecule has 0 fully saturated rings. The van der Waals surface area contributed by atoms with Crippen LogP contribution in [0.25, 0.3) is 10.4 Å². The molecule has 13 heavy (non-hydrogen) atoms. The molecule has 0 rings (SSSR count). The van der Waals surface area contributed by atoms with E-state index in [1.807, 2.05) is 0 Å². The second-order valence-electron chi connectivity index (χ2n) is 2.38. The van der Waals surface area contributed by atoms with Gasteiger partial charge in [-0.05, 0) is 18.4 Å². The zero-order chi connectivity index (χ0) is 9.94. The standard InChI is InChI=1S/C7H15N3O3/c1-12-7(6-9-10-8)13-5-3-2-4-11/h7,11H,2-6H2,1H3. The highest BCUT2D eigenvalue weighted by Gasteiger charge is 2.04. The molecular weight excluding hydrogens is 174 g/mol. The fourth-order valence-corrected chi connectivity index (χ4v) is 0.727. The van der Waals surface area contributed by atoms with Crippen molar-refractivity contribution >= 4 is 0 Å². The largest absolute Gasteiger partial charge is 0.396 e. The molecule has 0 aromatic carbocycles. The Kier molecular flexibility index (Phi) is 8.70. The van der Waals surface area contributed by atoms with E-state index in [-0.39, 0.29) is 13.2 Å². The van der Waals surface area contributed by atoms with Gasteiger partial charge in [0.15, 0.2) is 6.29 Å². The van der Waals surface area contributed by atoms with Crippen LogP contribution in [-0.4, -0.2) is 38.3 Å². The summed E-state index contributed by atoms with van der Waals surface area (Å²) in [6, 6.07) is 0. The topological polar surface area (TPSA) is 87.5 Å². The van der Waals surface area contributed by atoms with Gasteiger partial charge in [0.2, 0.25) is 0 Å². The molecule has 0 spiro atoms. The average Bonchev–Trinajstić information content (AvgIpc) is 2.17. The second-order valence-corrected chi connectivity index (χ2v) is 2.38. The van der Waals surface area contributed by atoms with Crippen molar-refractivity contribution in [3.8, 4) is 0 Å². The molecule has 1 N–H and O–H groups in total. The van der Waals surface area contributed by atoms with E-state index in [0.29, 0.717) is 13.0 Å². The van der Waals surface area contributed by atoms with E-state index >= 15 is 0 Å². The smallest absolute Gasteiger partial charge is 0.162 e. The van der Waals surface area contributed by atoms with Crippen LogP contribution >= 0.6 is 0 Å². The summed E-state index contributed by atoms with van der Waals surface area (Å²) in [6.45, 7) is 0.837. The molecule has 0 aliphatic carbocycles. The quantitative estimate of drug-likeness (QED) is 0.203. The normalized spacial score (nSPS) is 12.2. The zero-order valence-electron chi connectivity index (χ0n) is 7.72. The van der Waals surface area contributed by atoms with Gasteiger partial charge in [0.05, 0.1) is 6.54 Å². The fraction of sp³-hybridized carbons (Fsp3) is 1.00. The molecule has 76 valence electrons. The number of methoxy groups -OCH3 is 1. The Morgan fingerprint density at radius 3 is 2.85 bits per heavy atom. The molecule has 0 aromatic heterocycles. The predicted molar refractivity (Wildman–Crippen MR) is 47.1 cm³/mol. The molecule has 1 atom stereocenters. The Hall–Kier alpha value is -0.810. The Morgan fingerprint density at radius 2 is 2.31 bits per heavy atom. The van der Waals surface area contributed by atoms with Gasteiger partial charge >= 0.3 is 0 Å². The average molecular weight is 189 g/mol. The van der Waals surface area contributed by atoms with Crippen molar-refractivity contribution in [3.05, 3.63) is 10.4 Å². The maximum atomic E-state index is 8.48. The molecule has 0 aliphatic rings. The number of aliphatic hydroxyl groups excluding tert-OH is 1. The van der Waals surface area contributed by atoms with Crippen molar-refractivity contribution in [3.63, 3.8) is 0 Å². The van der Waals surface area contributed by atoms with Crippen LogP contribution in [-0.2, 0) is 9.47 Å². The first-order valence-electron chi connectivity index (χ1n) is 4.11. The molecule has 6 heteroatoms. The number of rotatable bonds is 8. The third-order valence-corrected chi connectivity index (χ3v) is 1.41. The molecule has 0 bridgehead atoms. The third kappa shape index (κ3) is 7.55. The maximum absolute atomic E-state index is 8.48. The molecule has 0 saturated carbocycles. The summed E-state index contributed by atoms with van der Waals surface area (Å²) < 4.78 is 10.1. The van der Waals surface area contributed by atoms with Crippen LogP contribution in [0, 0.1) is 0 Å². The van der Waals surface area contributed by atoms with E-state index in [1.54, 1.807) is 0 Å². The Balaban J connectivity index is 3.41. The lowest BCUT2D eigenvalue weighted by Gasteiger charge is -2.13. The molecule has 0 aliphatic heterocycles. The number of hydrogen-bond acceptors (Lipinski definition) is 4. The number of nitrogens with zero attached hydrogens (tertiary/aromatic N) is 3. The van der Waals surface area contributed by atoms with Gasteiger partial charge in [0.25, 0.3) is 0 Å². The minimum absolute atomic E-state index is 0.164. The lowest BCUT2D eigenvalue weighted by molar-refractivity contribution is -0.117. The number of azide groups is 1. The molecule has 1 unspecified atom stereocenters. The summed E-state index contributed by atoms with van der Waals surface area (Å²) in [5.74, 6) is 0. The van der Waals surface area contributed by atoms with Crippen molar-refractivity contribution < 1.29 is 14.6 Å². The van der Waals surface area contributed by atoms with Crippen LogP contribution in [0.4, 0.5) is 0 Å². The highest BCUT2D eigenvalue weighted by Crippen LogP contribution is 1.97. The highest BCUT2D eigenvalue weighted by molar-refractivity contribution is 4.51. The maximum Gasteiger partial charge on any atom is 0.162 e. The molecular formula is C7H15N3O3. The summed E-state index contributed by atoms with van der Waals surface area (Å²) in [4.78, 5) is 2.59. The Bertz CT molecular complexity index is 159. The van der Waals surface area contributed by atoms with E-state index in [4.69, 9.17) is 20.1 Å². The number of unbranched alkanes of at least 4 members (excludes halogenated alkanes) is 1. The first kappa shape index (κ1) is 12.2. The molecule has 6 nitrogen and oxygen atoms in total. The summed E-state index contributed by atoms with van der Waals surface area (Å²) in [6.07, 6.45) is 1.000. The van der Waals surface area contributed by atoms with E-state index in [2.05, 4.69) is 10.0 Å². The Morgan fingerprint density at radius 1 is 1.54 bits per heavy atom. The van der Waals surface area contributed by atoms with Gasteiger partial charge in [0.1, 0.15) is 0 Å². The van der Waals surface area contributed by atoms with Crippen molar-refractivity contribution in [1.29, 1.82) is 0 Å². The van der Waals surface area contributed by atoms with Crippen LogP contribution < -0.4 is 0 Å². The van der Waals surface area contributed by atoms with Gasteiger partial charge in [-0.15, -0.1) is 0 Å². The zero-order valence-corrected chi connectivity index (χ0v) is 7.72. The van der Waals surface area contributed by atoms with Gasteiger partial charge in [-0.2, -0.15) is 0 Å². The number of ether oxygens (including phenoxy) is 2. The van der Waals surface area contributed by atoms with Crippen LogP contribution in [0.5, 0.6) is 0 Å². The number of aliphatic hydroxyl groups is 1. The van der Waals surface area contributed by atoms with Gasteiger partial charge in [0, 0.05) is 25.2 Å². The van der Waals surface area contributed by atoms with E-state index < -0.39 is 6.29 Å². The summed E-state index contributed by atoms with van der Waals surface area (Å²) in [5, 5.41) is 11.8.